The van der Waals surface area contributed by atoms with Gasteiger partial charge in [0, 0.05) is 58.4 Å². The molecule has 2 N–H and O–H groups in total. The Kier molecular flexibility index (Phi) is 3.80. The summed E-state index contributed by atoms with van der Waals surface area (Å²) in [7, 11) is 0. The summed E-state index contributed by atoms with van der Waals surface area (Å²) in [5, 5.41) is 2.10. The van der Waals surface area contributed by atoms with Crippen LogP contribution in [0, 0.1) is 0 Å². The molecule has 0 unspecified atom stereocenters. The average molecular weight is 346 g/mol. The first kappa shape index (κ1) is 16.1. The van der Waals surface area contributed by atoms with E-state index >= 15 is 0 Å². The number of amides is 1. The van der Waals surface area contributed by atoms with Gasteiger partial charge < -0.3 is 14.9 Å². The number of aryl methyl sites for hydroxylation is 1. The molecular formula is C20H18N4O2. The smallest absolute Gasteiger partial charge is 0.219 e. The van der Waals surface area contributed by atoms with Gasteiger partial charge in [-0.2, -0.15) is 0 Å². The summed E-state index contributed by atoms with van der Waals surface area (Å²) in [6, 6.07) is 11.8. The molecule has 0 bridgehead atoms. The van der Waals surface area contributed by atoms with Gasteiger partial charge in [-0.1, -0.05) is 12.1 Å². The first-order valence-corrected chi connectivity index (χ1v) is 8.38. The second-order valence-electron chi connectivity index (χ2n) is 6.33. The van der Waals surface area contributed by atoms with Crippen molar-refractivity contribution in [2.24, 2.45) is 5.73 Å². The molecule has 0 aliphatic heterocycles. The van der Waals surface area contributed by atoms with Gasteiger partial charge in [0.05, 0.1) is 6.33 Å². The average Bonchev–Trinajstić information content (AvgIpc) is 3.25. The molecule has 2 aromatic heterocycles. The highest BCUT2D eigenvalue weighted by Crippen LogP contribution is 2.31. The molecule has 0 aliphatic rings. The molecule has 6 nitrogen and oxygen atoms in total. The Labute approximate surface area is 149 Å². The zero-order valence-electron chi connectivity index (χ0n) is 14.3. The summed E-state index contributed by atoms with van der Waals surface area (Å²) >= 11 is 0. The van der Waals surface area contributed by atoms with Gasteiger partial charge in [-0.25, -0.2) is 4.98 Å². The van der Waals surface area contributed by atoms with E-state index in [0.717, 1.165) is 27.5 Å². The maximum absolute atomic E-state index is 11.8. The van der Waals surface area contributed by atoms with Crippen molar-refractivity contribution in [3.63, 3.8) is 0 Å². The van der Waals surface area contributed by atoms with E-state index in [0.29, 0.717) is 12.1 Å². The van der Waals surface area contributed by atoms with Crippen molar-refractivity contribution in [2.75, 3.05) is 0 Å². The van der Waals surface area contributed by atoms with E-state index < -0.39 is 0 Å². The molecule has 26 heavy (non-hydrogen) atoms. The molecular weight excluding hydrogens is 328 g/mol. The minimum Gasteiger partial charge on any atom is -0.370 e. The predicted octanol–water partition coefficient (Wildman–Crippen LogP) is 3.06. The third-order valence-corrected chi connectivity index (χ3v) is 4.64. The van der Waals surface area contributed by atoms with Crippen LogP contribution in [0.2, 0.25) is 0 Å². The van der Waals surface area contributed by atoms with Crippen molar-refractivity contribution in [2.45, 2.75) is 19.9 Å². The molecule has 6 heteroatoms. The molecule has 0 spiro atoms. The molecule has 0 saturated heterocycles. The van der Waals surface area contributed by atoms with Crippen molar-refractivity contribution in [1.82, 2.24) is 14.1 Å². The number of carbonyl (C=O) groups is 2. The van der Waals surface area contributed by atoms with Crippen LogP contribution >= 0.6 is 0 Å². The fourth-order valence-corrected chi connectivity index (χ4v) is 3.34. The lowest BCUT2D eigenvalue weighted by atomic mass is 10.1. The highest BCUT2D eigenvalue weighted by atomic mass is 16.1. The normalized spacial score (nSPS) is 11.3. The number of ketones is 1. The molecule has 2 aromatic carbocycles. The van der Waals surface area contributed by atoms with Gasteiger partial charge in [-0.05, 0) is 31.2 Å². The van der Waals surface area contributed by atoms with Gasteiger partial charge in [-0.15, -0.1) is 0 Å². The largest absolute Gasteiger partial charge is 0.370 e. The van der Waals surface area contributed by atoms with Crippen LogP contribution in [-0.4, -0.2) is 25.8 Å². The van der Waals surface area contributed by atoms with E-state index in [-0.39, 0.29) is 18.1 Å². The van der Waals surface area contributed by atoms with E-state index in [9.17, 15) is 9.59 Å². The molecule has 130 valence electrons. The van der Waals surface area contributed by atoms with E-state index in [4.69, 9.17) is 5.73 Å². The Morgan fingerprint density at radius 2 is 1.92 bits per heavy atom. The highest BCUT2D eigenvalue weighted by molar-refractivity contribution is 6.10. The summed E-state index contributed by atoms with van der Waals surface area (Å²) < 4.78 is 4.00. The minimum atomic E-state index is -0.349. The number of Topliss-reactive ketones (excluding diaryl/α,β-unsaturated/α-hetero) is 1. The predicted molar refractivity (Wildman–Crippen MR) is 100 cm³/mol. The quantitative estimate of drug-likeness (QED) is 0.564. The van der Waals surface area contributed by atoms with Crippen molar-refractivity contribution in [1.29, 1.82) is 0 Å². The molecule has 0 radical (unpaired) electrons. The van der Waals surface area contributed by atoms with Gasteiger partial charge in [0.15, 0.2) is 5.78 Å². The molecule has 0 fully saturated rings. The lowest BCUT2D eigenvalue weighted by Gasteiger charge is -2.07. The summed E-state index contributed by atoms with van der Waals surface area (Å²) in [6.45, 7) is 2.02. The van der Waals surface area contributed by atoms with E-state index in [2.05, 4.69) is 15.6 Å². The van der Waals surface area contributed by atoms with Crippen LogP contribution in [0.15, 0.2) is 55.1 Å². The standard InChI is InChI=1S/C20H18N4O2/c1-13(25)14-2-4-16-17-11-15(23-9-7-22-12-23)3-5-18(17)24(19(16)10-14)8-6-20(21)26/h2-5,7,9-12H,6,8H2,1H3,(H2,21,26). The second kappa shape index (κ2) is 6.15. The Hall–Kier alpha value is -3.41. The highest BCUT2D eigenvalue weighted by Gasteiger charge is 2.14. The minimum absolute atomic E-state index is 0.0118. The molecule has 4 rings (SSSR count). The second-order valence-corrected chi connectivity index (χ2v) is 6.33. The number of imidazole rings is 1. The summed E-state index contributed by atoms with van der Waals surface area (Å²) in [5.74, 6) is -0.338. The first-order chi connectivity index (χ1) is 12.5. The number of hydrogen-bond donors (Lipinski definition) is 1. The van der Waals surface area contributed by atoms with Gasteiger partial charge in [-0.3, -0.25) is 9.59 Å². The van der Waals surface area contributed by atoms with Crippen LogP contribution in [0.5, 0.6) is 0 Å². The number of rotatable bonds is 5. The fraction of sp³-hybridized carbons (Fsp3) is 0.150. The topological polar surface area (TPSA) is 82.9 Å². The van der Waals surface area contributed by atoms with Crippen LogP contribution in [0.1, 0.15) is 23.7 Å². The molecule has 4 aromatic rings. The van der Waals surface area contributed by atoms with Gasteiger partial charge >= 0.3 is 0 Å². The molecule has 1 amide bonds. The Morgan fingerprint density at radius 1 is 1.08 bits per heavy atom. The lowest BCUT2D eigenvalue weighted by molar-refractivity contribution is -0.118. The van der Waals surface area contributed by atoms with Crippen molar-refractivity contribution in [3.05, 3.63) is 60.7 Å². The number of primary amides is 1. The number of fused-ring (bicyclic) bond motifs is 3. The Morgan fingerprint density at radius 3 is 2.62 bits per heavy atom. The van der Waals surface area contributed by atoms with Crippen LogP contribution in [0.3, 0.4) is 0 Å². The zero-order chi connectivity index (χ0) is 18.3. The maximum Gasteiger partial charge on any atom is 0.219 e. The van der Waals surface area contributed by atoms with Gasteiger partial charge in [0.1, 0.15) is 0 Å². The third kappa shape index (κ3) is 2.65. The van der Waals surface area contributed by atoms with Crippen LogP contribution in [0.25, 0.3) is 27.5 Å². The van der Waals surface area contributed by atoms with Crippen molar-refractivity contribution in [3.8, 4) is 5.69 Å². The van der Waals surface area contributed by atoms with Crippen molar-refractivity contribution >= 4 is 33.5 Å². The van der Waals surface area contributed by atoms with E-state index in [1.807, 2.05) is 41.1 Å². The van der Waals surface area contributed by atoms with Gasteiger partial charge in [0.2, 0.25) is 5.91 Å². The maximum atomic E-state index is 11.8. The first-order valence-electron chi connectivity index (χ1n) is 8.38. The number of nitrogens with two attached hydrogens (primary N) is 1. The van der Waals surface area contributed by atoms with Gasteiger partial charge in [0.25, 0.3) is 0 Å². The van der Waals surface area contributed by atoms with Crippen LogP contribution in [0.4, 0.5) is 0 Å². The van der Waals surface area contributed by atoms with Crippen LogP contribution in [-0.2, 0) is 11.3 Å². The monoisotopic (exact) mass is 346 g/mol. The van der Waals surface area contributed by atoms with E-state index in [1.165, 1.54) is 0 Å². The fourth-order valence-electron chi connectivity index (χ4n) is 3.34. The van der Waals surface area contributed by atoms with E-state index in [1.54, 1.807) is 19.4 Å². The number of hydrogen-bond acceptors (Lipinski definition) is 3. The Balaban J connectivity index is 1.98. The third-order valence-electron chi connectivity index (χ3n) is 4.64. The van der Waals surface area contributed by atoms with Crippen LogP contribution < -0.4 is 5.73 Å². The van der Waals surface area contributed by atoms with Crippen molar-refractivity contribution < 1.29 is 9.59 Å². The zero-order valence-corrected chi connectivity index (χ0v) is 14.3. The SMILES string of the molecule is CC(=O)c1ccc2c3cc(-n4ccnc4)ccc3n(CCC(N)=O)c2c1. The number of aromatic nitrogens is 3. The molecule has 0 atom stereocenters. The molecule has 0 saturated carbocycles. The molecule has 2 heterocycles. The number of nitrogens with zero attached hydrogens (tertiary/aromatic N) is 3. The lowest BCUT2D eigenvalue weighted by Crippen LogP contribution is -2.13. The number of benzene rings is 2. The summed E-state index contributed by atoms with van der Waals surface area (Å²) in [4.78, 5) is 27.2. The summed E-state index contributed by atoms with van der Waals surface area (Å²) in [5.41, 5.74) is 8.93. The summed E-state index contributed by atoms with van der Waals surface area (Å²) in [6.07, 6.45) is 5.62. The number of carbonyl (C=O) groups excluding carboxylic acids is 2. The Bertz CT molecular complexity index is 1140. The molecule has 0 aliphatic carbocycles.